The lowest BCUT2D eigenvalue weighted by Crippen LogP contribution is -2.51. The molecule has 6 heteroatoms. The van der Waals surface area contributed by atoms with Crippen molar-refractivity contribution in [2.45, 2.75) is 19.4 Å². The van der Waals surface area contributed by atoms with Crippen molar-refractivity contribution in [2.24, 2.45) is 5.92 Å². The Balaban J connectivity index is 1.21. The molecular formula is C24H29N3O2S. The van der Waals surface area contributed by atoms with E-state index in [1.54, 1.807) is 17.4 Å². The Kier molecular flexibility index (Phi) is 6.97. The molecule has 5 nitrogen and oxygen atoms in total. The summed E-state index contributed by atoms with van der Waals surface area (Å²) in [5.41, 5.74) is 1.02. The van der Waals surface area contributed by atoms with Crippen LogP contribution in [0, 0.1) is 5.92 Å². The van der Waals surface area contributed by atoms with Crippen molar-refractivity contribution in [3.05, 3.63) is 64.4 Å². The van der Waals surface area contributed by atoms with Crippen LogP contribution < -0.4 is 0 Å². The monoisotopic (exact) mass is 423 g/mol. The van der Waals surface area contributed by atoms with Gasteiger partial charge < -0.3 is 9.80 Å². The quantitative estimate of drug-likeness (QED) is 0.693. The number of carbonyl (C=O) groups excluding carboxylic acids is 2. The Hall–Kier alpha value is -2.44. The van der Waals surface area contributed by atoms with Gasteiger partial charge in [0.15, 0.2) is 0 Å². The van der Waals surface area contributed by atoms with E-state index in [0.29, 0.717) is 13.1 Å². The number of thiophene rings is 1. The Labute approximate surface area is 182 Å². The number of rotatable bonds is 5. The van der Waals surface area contributed by atoms with E-state index in [9.17, 15) is 9.59 Å². The summed E-state index contributed by atoms with van der Waals surface area (Å²) in [5, 5.41) is 2.11. The first-order valence-corrected chi connectivity index (χ1v) is 11.6. The van der Waals surface area contributed by atoms with Crippen LogP contribution in [0.25, 0.3) is 6.08 Å². The van der Waals surface area contributed by atoms with E-state index in [0.717, 1.165) is 51.1 Å². The molecule has 158 valence electrons. The maximum Gasteiger partial charge on any atom is 0.246 e. The summed E-state index contributed by atoms with van der Waals surface area (Å²) in [7, 11) is 0. The van der Waals surface area contributed by atoms with E-state index in [2.05, 4.69) is 22.4 Å². The van der Waals surface area contributed by atoms with Crippen LogP contribution in [-0.4, -0.2) is 65.8 Å². The highest BCUT2D eigenvalue weighted by Crippen LogP contribution is 2.22. The highest BCUT2D eigenvalue weighted by atomic mass is 32.1. The molecule has 0 bridgehead atoms. The van der Waals surface area contributed by atoms with E-state index >= 15 is 0 Å². The molecule has 4 rings (SSSR count). The summed E-state index contributed by atoms with van der Waals surface area (Å²) in [4.78, 5) is 33.1. The molecule has 2 amide bonds. The van der Waals surface area contributed by atoms with Gasteiger partial charge in [-0.3, -0.25) is 14.5 Å². The average Bonchev–Trinajstić information content (AvgIpc) is 3.31. The van der Waals surface area contributed by atoms with Gasteiger partial charge in [-0.15, -0.1) is 11.3 Å². The maximum atomic E-state index is 13.0. The molecule has 3 heterocycles. The summed E-state index contributed by atoms with van der Waals surface area (Å²) in [6, 6.07) is 14.1. The second kappa shape index (κ2) is 10.0. The predicted molar refractivity (Wildman–Crippen MR) is 121 cm³/mol. The van der Waals surface area contributed by atoms with Gasteiger partial charge in [-0.25, -0.2) is 0 Å². The van der Waals surface area contributed by atoms with Crippen molar-refractivity contribution in [3.63, 3.8) is 0 Å². The molecule has 0 radical (unpaired) electrons. The van der Waals surface area contributed by atoms with E-state index in [4.69, 9.17) is 0 Å². The first-order valence-electron chi connectivity index (χ1n) is 10.7. The zero-order chi connectivity index (χ0) is 20.8. The Bertz CT molecular complexity index is 850. The van der Waals surface area contributed by atoms with Gasteiger partial charge in [-0.1, -0.05) is 36.4 Å². The van der Waals surface area contributed by atoms with Gasteiger partial charge in [0.05, 0.1) is 0 Å². The second-order valence-corrected chi connectivity index (χ2v) is 9.06. The summed E-state index contributed by atoms with van der Waals surface area (Å²) < 4.78 is 0. The fraction of sp³-hybridized carbons (Fsp3) is 0.417. The van der Waals surface area contributed by atoms with Crippen LogP contribution in [0.3, 0.4) is 0 Å². The number of carbonyl (C=O) groups is 2. The summed E-state index contributed by atoms with van der Waals surface area (Å²) in [6.45, 7) is 5.79. The Morgan fingerprint density at radius 3 is 2.30 bits per heavy atom. The molecule has 0 unspecified atom stereocenters. The standard InChI is InChI=1S/C24H29N3O2S/c28-23(9-8-20-5-2-1-3-6-20)26-12-10-21(11-13-26)24(29)27-16-14-25(15-17-27)19-22-7-4-18-30-22/h1-9,18,21H,10-17,19H2/b9-8+. The van der Waals surface area contributed by atoms with E-state index in [1.807, 2.05) is 46.2 Å². The van der Waals surface area contributed by atoms with E-state index < -0.39 is 0 Å². The van der Waals surface area contributed by atoms with Crippen LogP contribution in [-0.2, 0) is 16.1 Å². The molecule has 2 aliphatic heterocycles. The molecule has 2 aromatic rings. The van der Waals surface area contributed by atoms with Crippen molar-refractivity contribution >= 4 is 29.2 Å². The zero-order valence-corrected chi connectivity index (χ0v) is 18.1. The number of benzene rings is 1. The second-order valence-electron chi connectivity index (χ2n) is 8.02. The minimum absolute atomic E-state index is 0.0342. The molecular weight excluding hydrogens is 394 g/mol. The topological polar surface area (TPSA) is 43.9 Å². The van der Waals surface area contributed by atoms with Crippen LogP contribution in [0.1, 0.15) is 23.3 Å². The number of piperazine rings is 1. The lowest BCUT2D eigenvalue weighted by atomic mass is 9.95. The molecule has 0 saturated carbocycles. The molecule has 0 atom stereocenters. The average molecular weight is 424 g/mol. The number of piperidine rings is 1. The normalized spacial score (nSPS) is 18.8. The third kappa shape index (κ3) is 5.37. The van der Waals surface area contributed by atoms with Crippen LogP contribution in [0.5, 0.6) is 0 Å². The summed E-state index contributed by atoms with van der Waals surface area (Å²) in [5.74, 6) is 0.362. The smallest absolute Gasteiger partial charge is 0.246 e. The molecule has 0 N–H and O–H groups in total. The number of hydrogen-bond donors (Lipinski definition) is 0. The lowest BCUT2D eigenvalue weighted by Gasteiger charge is -2.38. The molecule has 1 aromatic carbocycles. The maximum absolute atomic E-state index is 13.0. The fourth-order valence-corrected chi connectivity index (χ4v) is 4.94. The largest absolute Gasteiger partial charge is 0.340 e. The predicted octanol–water partition coefficient (Wildman–Crippen LogP) is 3.34. The molecule has 2 saturated heterocycles. The molecule has 0 aliphatic carbocycles. The molecule has 1 aromatic heterocycles. The van der Waals surface area contributed by atoms with Gasteiger partial charge in [-0.2, -0.15) is 0 Å². The van der Waals surface area contributed by atoms with Crippen molar-refractivity contribution in [2.75, 3.05) is 39.3 Å². The van der Waals surface area contributed by atoms with Crippen LogP contribution in [0.15, 0.2) is 53.9 Å². The minimum Gasteiger partial charge on any atom is -0.340 e. The number of amides is 2. The van der Waals surface area contributed by atoms with Crippen molar-refractivity contribution in [3.8, 4) is 0 Å². The molecule has 30 heavy (non-hydrogen) atoms. The van der Waals surface area contributed by atoms with Crippen LogP contribution in [0.2, 0.25) is 0 Å². The number of likely N-dealkylation sites (tertiary alicyclic amines) is 1. The Morgan fingerprint density at radius 1 is 0.900 bits per heavy atom. The van der Waals surface area contributed by atoms with E-state index in [1.165, 1.54) is 4.88 Å². The van der Waals surface area contributed by atoms with Crippen LogP contribution >= 0.6 is 11.3 Å². The molecule has 0 spiro atoms. The van der Waals surface area contributed by atoms with Crippen molar-refractivity contribution < 1.29 is 9.59 Å². The third-order valence-electron chi connectivity index (χ3n) is 6.02. The van der Waals surface area contributed by atoms with Crippen LogP contribution in [0.4, 0.5) is 0 Å². The van der Waals surface area contributed by atoms with Gasteiger partial charge >= 0.3 is 0 Å². The lowest BCUT2D eigenvalue weighted by molar-refractivity contribution is -0.140. The van der Waals surface area contributed by atoms with Gasteiger partial charge in [0.1, 0.15) is 0 Å². The fourth-order valence-electron chi connectivity index (χ4n) is 4.19. The zero-order valence-electron chi connectivity index (χ0n) is 17.3. The SMILES string of the molecule is O=C(/C=C/c1ccccc1)N1CCC(C(=O)N2CCN(Cc3cccs3)CC2)CC1. The minimum atomic E-state index is 0.0342. The highest BCUT2D eigenvalue weighted by molar-refractivity contribution is 7.09. The third-order valence-corrected chi connectivity index (χ3v) is 6.88. The van der Waals surface area contributed by atoms with Gasteiger partial charge in [-0.05, 0) is 35.9 Å². The van der Waals surface area contributed by atoms with Crippen molar-refractivity contribution in [1.29, 1.82) is 0 Å². The number of hydrogen-bond acceptors (Lipinski definition) is 4. The van der Waals surface area contributed by atoms with Gasteiger partial charge in [0, 0.05) is 62.7 Å². The summed E-state index contributed by atoms with van der Waals surface area (Å²) >= 11 is 1.79. The van der Waals surface area contributed by atoms with Crippen molar-refractivity contribution in [1.82, 2.24) is 14.7 Å². The first-order chi connectivity index (χ1) is 14.7. The summed E-state index contributed by atoms with van der Waals surface area (Å²) in [6.07, 6.45) is 5.03. The van der Waals surface area contributed by atoms with Gasteiger partial charge in [0.25, 0.3) is 0 Å². The molecule has 2 aliphatic rings. The first kappa shape index (κ1) is 20.8. The number of nitrogens with zero attached hydrogens (tertiary/aromatic N) is 3. The highest BCUT2D eigenvalue weighted by Gasteiger charge is 2.31. The van der Waals surface area contributed by atoms with Gasteiger partial charge in [0.2, 0.25) is 11.8 Å². The van der Waals surface area contributed by atoms with E-state index in [-0.39, 0.29) is 17.7 Å². The Morgan fingerprint density at radius 2 is 1.63 bits per heavy atom. The molecule has 2 fully saturated rings.